The van der Waals surface area contributed by atoms with Crippen LogP contribution in [-0.4, -0.2) is 23.5 Å². The fourth-order valence-electron chi connectivity index (χ4n) is 2.90. The lowest BCUT2D eigenvalue weighted by Gasteiger charge is -2.29. The molecule has 1 aromatic heterocycles. The number of hydrogen-bond acceptors (Lipinski definition) is 3. The van der Waals surface area contributed by atoms with Crippen LogP contribution in [0, 0.1) is 0 Å². The number of amides is 1. The molecule has 2 heterocycles. The summed E-state index contributed by atoms with van der Waals surface area (Å²) < 4.78 is 0. The highest BCUT2D eigenvalue weighted by molar-refractivity contribution is 5.93. The van der Waals surface area contributed by atoms with E-state index < -0.39 is 0 Å². The summed E-state index contributed by atoms with van der Waals surface area (Å²) in [6.45, 7) is 1.80. The smallest absolute Gasteiger partial charge is 0.270 e. The van der Waals surface area contributed by atoms with Crippen LogP contribution in [0.2, 0.25) is 0 Å². The summed E-state index contributed by atoms with van der Waals surface area (Å²) in [6.07, 6.45) is 3.21. The van der Waals surface area contributed by atoms with Gasteiger partial charge in [0.2, 0.25) is 0 Å². The fraction of sp³-hybridized carbons (Fsp3) is 0.333. The summed E-state index contributed by atoms with van der Waals surface area (Å²) in [7, 11) is 0. The van der Waals surface area contributed by atoms with Crippen LogP contribution >= 0.6 is 0 Å². The van der Waals surface area contributed by atoms with Crippen LogP contribution in [-0.2, 0) is 13.0 Å². The third-order valence-corrected chi connectivity index (χ3v) is 4.33. The van der Waals surface area contributed by atoms with E-state index in [0.29, 0.717) is 11.7 Å². The molecule has 112 valence electrons. The number of carbonyl (C=O) groups is 1. The lowest BCUT2D eigenvalue weighted by atomic mass is 10.00. The van der Waals surface area contributed by atoms with Crippen LogP contribution in [0.4, 0.5) is 5.82 Å². The lowest BCUT2D eigenvalue weighted by Crippen LogP contribution is -2.32. The Labute approximate surface area is 130 Å². The van der Waals surface area contributed by atoms with Crippen molar-refractivity contribution < 1.29 is 4.79 Å². The summed E-state index contributed by atoms with van der Waals surface area (Å²) >= 11 is 0. The van der Waals surface area contributed by atoms with Crippen molar-refractivity contribution in [3.63, 3.8) is 0 Å². The molecular formula is C18H19N3O. The number of fused-ring (bicyclic) bond motifs is 1. The van der Waals surface area contributed by atoms with E-state index in [4.69, 9.17) is 0 Å². The van der Waals surface area contributed by atoms with Gasteiger partial charge in [0.25, 0.3) is 5.91 Å². The SMILES string of the molecule is O=C(NC1CC1)c1cccc(N2CCc3ccccc3C2)n1. The van der Waals surface area contributed by atoms with Crippen LogP contribution in [0.5, 0.6) is 0 Å². The minimum absolute atomic E-state index is 0.0539. The van der Waals surface area contributed by atoms with Crippen molar-refractivity contribution in [1.82, 2.24) is 10.3 Å². The molecule has 2 aromatic rings. The van der Waals surface area contributed by atoms with Gasteiger partial charge in [-0.05, 0) is 42.5 Å². The van der Waals surface area contributed by atoms with E-state index in [1.165, 1.54) is 11.1 Å². The number of aromatic nitrogens is 1. The van der Waals surface area contributed by atoms with Crippen molar-refractivity contribution in [1.29, 1.82) is 0 Å². The summed E-state index contributed by atoms with van der Waals surface area (Å²) in [5.41, 5.74) is 3.29. The van der Waals surface area contributed by atoms with Crippen LogP contribution in [0.1, 0.15) is 34.5 Å². The molecule has 4 nitrogen and oxygen atoms in total. The predicted octanol–water partition coefficient (Wildman–Crippen LogP) is 2.54. The van der Waals surface area contributed by atoms with E-state index in [1.807, 2.05) is 12.1 Å². The van der Waals surface area contributed by atoms with Gasteiger partial charge < -0.3 is 10.2 Å². The third kappa shape index (κ3) is 2.69. The molecular weight excluding hydrogens is 274 g/mol. The number of carbonyl (C=O) groups excluding carboxylic acids is 1. The zero-order valence-corrected chi connectivity index (χ0v) is 12.5. The molecule has 1 aromatic carbocycles. The maximum Gasteiger partial charge on any atom is 0.270 e. The number of rotatable bonds is 3. The van der Waals surface area contributed by atoms with Crippen molar-refractivity contribution in [2.45, 2.75) is 31.8 Å². The molecule has 0 saturated heterocycles. The third-order valence-electron chi connectivity index (χ3n) is 4.33. The van der Waals surface area contributed by atoms with Gasteiger partial charge in [-0.3, -0.25) is 4.79 Å². The Morgan fingerprint density at radius 2 is 1.91 bits per heavy atom. The molecule has 1 N–H and O–H groups in total. The van der Waals surface area contributed by atoms with Gasteiger partial charge >= 0.3 is 0 Å². The van der Waals surface area contributed by atoms with E-state index in [0.717, 1.165) is 38.2 Å². The number of hydrogen-bond donors (Lipinski definition) is 1. The second-order valence-corrected chi connectivity index (χ2v) is 6.07. The quantitative estimate of drug-likeness (QED) is 0.946. The van der Waals surface area contributed by atoms with Crippen LogP contribution in [0.3, 0.4) is 0 Å². The molecule has 0 radical (unpaired) electrons. The Morgan fingerprint density at radius 1 is 1.09 bits per heavy atom. The number of nitrogens with one attached hydrogen (secondary N) is 1. The minimum Gasteiger partial charge on any atom is -0.352 e. The summed E-state index contributed by atoms with van der Waals surface area (Å²) in [4.78, 5) is 18.9. The van der Waals surface area contributed by atoms with Gasteiger partial charge in [-0.2, -0.15) is 0 Å². The van der Waals surface area contributed by atoms with Crippen LogP contribution in [0.25, 0.3) is 0 Å². The van der Waals surface area contributed by atoms with Gasteiger partial charge in [-0.15, -0.1) is 0 Å². The number of benzene rings is 1. The first-order valence-corrected chi connectivity index (χ1v) is 7.89. The molecule has 0 atom stereocenters. The molecule has 1 saturated carbocycles. The Balaban J connectivity index is 1.54. The standard InChI is InChI=1S/C18H19N3O/c22-18(19-15-8-9-15)16-6-3-7-17(20-16)21-11-10-13-4-1-2-5-14(13)12-21/h1-7,15H,8-12H2,(H,19,22). The molecule has 0 unspecified atom stereocenters. The molecule has 22 heavy (non-hydrogen) atoms. The Morgan fingerprint density at radius 3 is 2.73 bits per heavy atom. The van der Waals surface area contributed by atoms with E-state index in [2.05, 4.69) is 39.5 Å². The van der Waals surface area contributed by atoms with Crippen molar-refractivity contribution >= 4 is 11.7 Å². The van der Waals surface area contributed by atoms with Crippen LogP contribution < -0.4 is 10.2 Å². The molecule has 1 fully saturated rings. The number of nitrogens with zero attached hydrogens (tertiary/aromatic N) is 2. The fourth-order valence-corrected chi connectivity index (χ4v) is 2.90. The Bertz CT molecular complexity index is 709. The first-order chi connectivity index (χ1) is 10.8. The average molecular weight is 293 g/mol. The minimum atomic E-state index is -0.0539. The number of anilines is 1. The zero-order chi connectivity index (χ0) is 14.9. The maximum absolute atomic E-state index is 12.1. The largest absolute Gasteiger partial charge is 0.352 e. The molecule has 2 aliphatic rings. The highest BCUT2D eigenvalue weighted by Crippen LogP contribution is 2.23. The Kier molecular flexibility index (Phi) is 3.29. The highest BCUT2D eigenvalue weighted by Gasteiger charge is 2.25. The average Bonchev–Trinajstić information content (AvgIpc) is 3.38. The maximum atomic E-state index is 12.1. The lowest BCUT2D eigenvalue weighted by molar-refractivity contribution is 0.0946. The molecule has 1 aliphatic carbocycles. The first kappa shape index (κ1) is 13.3. The second-order valence-electron chi connectivity index (χ2n) is 6.07. The van der Waals surface area contributed by atoms with Crippen molar-refractivity contribution in [3.05, 3.63) is 59.3 Å². The van der Waals surface area contributed by atoms with E-state index in [-0.39, 0.29) is 5.91 Å². The van der Waals surface area contributed by atoms with Gasteiger partial charge in [-0.25, -0.2) is 4.98 Å². The normalized spacial score (nSPS) is 17.0. The summed E-state index contributed by atoms with van der Waals surface area (Å²) in [6, 6.07) is 14.6. The molecule has 4 rings (SSSR count). The molecule has 4 heteroatoms. The highest BCUT2D eigenvalue weighted by atomic mass is 16.2. The zero-order valence-electron chi connectivity index (χ0n) is 12.5. The van der Waals surface area contributed by atoms with Gasteiger partial charge in [0.1, 0.15) is 11.5 Å². The second kappa shape index (κ2) is 5.44. The molecule has 0 bridgehead atoms. The summed E-state index contributed by atoms with van der Waals surface area (Å²) in [5.74, 6) is 0.833. The van der Waals surface area contributed by atoms with Gasteiger partial charge in [0, 0.05) is 19.1 Å². The van der Waals surface area contributed by atoms with Crippen molar-refractivity contribution in [3.8, 4) is 0 Å². The van der Waals surface area contributed by atoms with E-state index >= 15 is 0 Å². The van der Waals surface area contributed by atoms with Gasteiger partial charge in [0.05, 0.1) is 0 Å². The number of pyridine rings is 1. The van der Waals surface area contributed by atoms with Gasteiger partial charge in [-0.1, -0.05) is 30.3 Å². The van der Waals surface area contributed by atoms with Crippen LogP contribution in [0.15, 0.2) is 42.5 Å². The van der Waals surface area contributed by atoms with E-state index in [1.54, 1.807) is 6.07 Å². The molecule has 1 aliphatic heterocycles. The first-order valence-electron chi connectivity index (χ1n) is 7.89. The van der Waals surface area contributed by atoms with E-state index in [9.17, 15) is 4.79 Å². The molecule has 0 spiro atoms. The topological polar surface area (TPSA) is 45.2 Å². The summed E-state index contributed by atoms with van der Waals surface area (Å²) in [5, 5.41) is 3.00. The molecule has 1 amide bonds. The monoisotopic (exact) mass is 293 g/mol. The van der Waals surface area contributed by atoms with Crippen molar-refractivity contribution in [2.24, 2.45) is 0 Å². The van der Waals surface area contributed by atoms with Crippen molar-refractivity contribution in [2.75, 3.05) is 11.4 Å². The predicted molar refractivity (Wildman–Crippen MR) is 85.9 cm³/mol. The Hall–Kier alpha value is -2.36. The van der Waals surface area contributed by atoms with Gasteiger partial charge in [0.15, 0.2) is 0 Å².